The second kappa shape index (κ2) is 4.06. The summed E-state index contributed by atoms with van der Waals surface area (Å²) in [6, 6.07) is 2.99. The van der Waals surface area contributed by atoms with Crippen LogP contribution in [0.1, 0.15) is 18.1 Å². The van der Waals surface area contributed by atoms with Crippen LogP contribution in [-0.2, 0) is 4.79 Å². The Morgan fingerprint density at radius 2 is 2.14 bits per heavy atom. The lowest BCUT2D eigenvalue weighted by Crippen LogP contribution is -2.05. The monoisotopic (exact) mass is 200 g/mol. The summed E-state index contributed by atoms with van der Waals surface area (Å²) in [4.78, 5) is 10.2. The molecule has 1 atom stereocenters. The lowest BCUT2D eigenvalue weighted by Gasteiger charge is -2.09. The van der Waals surface area contributed by atoms with Crippen LogP contribution in [0, 0.1) is 5.82 Å². The summed E-state index contributed by atoms with van der Waals surface area (Å²) in [7, 11) is 0. The second-order valence-electron chi connectivity index (χ2n) is 2.82. The molecule has 0 aliphatic carbocycles. The minimum atomic E-state index is -1.40. The molecule has 1 aromatic rings. The quantitative estimate of drug-likeness (QED) is 0.681. The summed E-state index contributed by atoms with van der Waals surface area (Å²) in [5.41, 5.74) is -0.118. The summed E-state index contributed by atoms with van der Waals surface area (Å²) in [5.74, 6) is -2.18. The van der Waals surface area contributed by atoms with Crippen LogP contribution in [0.5, 0.6) is 5.75 Å². The zero-order chi connectivity index (χ0) is 10.7. The number of carboxylic acid groups (broad SMARTS) is 1. The van der Waals surface area contributed by atoms with Crippen molar-refractivity contribution in [3.8, 4) is 5.75 Å². The molecular weight excluding hydrogens is 191 g/mol. The number of rotatable bonds is 3. The van der Waals surface area contributed by atoms with Gasteiger partial charge in [0.2, 0.25) is 0 Å². The van der Waals surface area contributed by atoms with Gasteiger partial charge in [0.1, 0.15) is 11.6 Å². The van der Waals surface area contributed by atoms with E-state index in [0.717, 1.165) is 18.2 Å². The highest BCUT2D eigenvalue weighted by atomic mass is 19.1. The Morgan fingerprint density at radius 1 is 1.50 bits per heavy atom. The van der Waals surface area contributed by atoms with Crippen LogP contribution in [0.2, 0.25) is 0 Å². The van der Waals surface area contributed by atoms with Crippen molar-refractivity contribution in [1.29, 1.82) is 0 Å². The van der Waals surface area contributed by atoms with Gasteiger partial charge in [-0.05, 0) is 18.2 Å². The zero-order valence-corrected chi connectivity index (χ0v) is 7.14. The highest BCUT2D eigenvalue weighted by Gasteiger charge is 2.16. The van der Waals surface area contributed by atoms with Gasteiger partial charge in [0.25, 0.3) is 0 Å². The third-order valence-electron chi connectivity index (χ3n) is 1.72. The van der Waals surface area contributed by atoms with Gasteiger partial charge in [-0.3, -0.25) is 4.79 Å². The molecule has 0 aliphatic heterocycles. The second-order valence-corrected chi connectivity index (χ2v) is 2.82. The average Bonchev–Trinajstić information content (AvgIpc) is 2.08. The molecule has 5 heteroatoms. The molecule has 0 heterocycles. The molecule has 0 bridgehead atoms. The van der Waals surface area contributed by atoms with Crippen molar-refractivity contribution < 1.29 is 24.5 Å². The predicted molar refractivity (Wildman–Crippen MR) is 45.3 cm³/mol. The number of aliphatic hydroxyl groups is 1. The van der Waals surface area contributed by atoms with Gasteiger partial charge in [0.15, 0.2) is 0 Å². The van der Waals surface area contributed by atoms with Crippen LogP contribution < -0.4 is 0 Å². The molecule has 1 aromatic carbocycles. The van der Waals surface area contributed by atoms with Gasteiger partial charge < -0.3 is 15.3 Å². The topological polar surface area (TPSA) is 77.8 Å². The number of aliphatic carboxylic acids is 1. The van der Waals surface area contributed by atoms with E-state index in [2.05, 4.69) is 0 Å². The number of aromatic hydroxyl groups is 1. The smallest absolute Gasteiger partial charge is 0.306 e. The summed E-state index contributed by atoms with van der Waals surface area (Å²) in [5, 5.41) is 26.9. The van der Waals surface area contributed by atoms with Gasteiger partial charge >= 0.3 is 5.97 Å². The van der Waals surface area contributed by atoms with Crippen LogP contribution >= 0.6 is 0 Å². The Bertz CT molecular complexity index is 351. The van der Waals surface area contributed by atoms with Crippen LogP contribution in [0.4, 0.5) is 4.39 Å². The first-order chi connectivity index (χ1) is 6.50. The summed E-state index contributed by atoms with van der Waals surface area (Å²) < 4.78 is 12.7. The minimum Gasteiger partial charge on any atom is -0.508 e. The zero-order valence-electron chi connectivity index (χ0n) is 7.14. The molecule has 0 aliphatic rings. The molecule has 0 spiro atoms. The number of phenolic OH excluding ortho intramolecular Hbond substituents is 1. The fraction of sp³-hybridized carbons (Fsp3) is 0.222. The molecule has 4 nitrogen and oxygen atoms in total. The first-order valence-corrected chi connectivity index (χ1v) is 3.89. The van der Waals surface area contributed by atoms with Gasteiger partial charge in [-0.25, -0.2) is 4.39 Å². The van der Waals surface area contributed by atoms with E-state index in [1.165, 1.54) is 0 Å². The maximum atomic E-state index is 12.7. The number of halogens is 1. The lowest BCUT2D eigenvalue weighted by molar-refractivity contribution is -0.139. The van der Waals surface area contributed by atoms with Crippen LogP contribution in [0.3, 0.4) is 0 Å². The van der Waals surface area contributed by atoms with Crippen molar-refractivity contribution in [3.63, 3.8) is 0 Å². The first-order valence-electron chi connectivity index (χ1n) is 3.89. The van der Waals surface area contributed by atoms with E-state index in [1.54, 1.807) is 0 Å². The summed E-state index contributed by atoms with van der Waals surface area (Å²) in [6.07, 6.45) is -1.97. The van der Waals surface area contributed by atoms with Crippen molar-refractivity contribution in [2.45, 2.75) is 12.5 Å². The number of carbonyl (C=O) groups is 1. The largest absolute Gasteiger partial charge is 0.508 e. The Morgan fingerprint density at radius 3 is 2.71 bits per heavy atom. The molecule has 0 aromatic heterocycles. The van der Waals surface area contributed by atoms with Gasteiger partial charge in [0, 0.05) is 5.56 Å². The van der Waals surface area contributed by atoms with Gasteiger partial charge in [-0.15, -0.1) is 0 Å². The van der Waals surface area contributed by atoms with Crippen LogP contribution in [-0.4, -0.2) is 21.3 Å². The Hall–Kier alpha value is -1.62. The van der Waals surface area contributed by atoms with Crippen molar-refractivity contribution in [1.82, 2.24) is 0 Å². The highest BCUT2D eigenvalue weighted by molar-refractivity contribution is 5.67. The van der Waals surface area contributed by atoms with Gasteiger partial charge in [-0.2, -0.15) is 0 Å². The highest BCUT2D eigenvalue weighted by Crippen LogP contribution is 2.26. The molecule has 0 radical (unpaired) electrons. The molecule has 0 fully saturated rings. The predicted octanol–water partition coefficient (Wildman–Crippen LogP) is 1.04. The Kier molecular flexibility index (Phi) is 3.03. The van der Waals surface area contributed by atoms with E-state index >= 15 is 0 Å². The maximum Gasteiger partial charge on any atom is 0.306 e. The SMILES string of the molecule is O=C(O)CC(O)c1cc(F)ccc1O. The number of carboxylic acids is 1. The van der Waals surface area contributed by atoms with Gasteiger partial charge in [-0.1, -0.05) is 0 Å². The number of aliphatic hydroxyl groups excluding tert-OH is 1. The van der Waals surface area contributed by atoms with Crippen LogP contribution in [0.25, 0.3) is 0 Å². The standard InChI is InChI=1S/C9H9FO4/c10-5-1-2-7(11)6(3-5)8(12)4-9(13)14/h1-3,8,11-12H,4H2,(H,13,14). The molecule has 0 saturated heterocycles. The van der Waals surface area contributed by atoms with Crippen LogP contribution in [0.15, 0.2) is 18.2 Å². The fourth-order valence-corrected chi connectivity index (χ4v) is 1.07. The number of benzene rings is 1. The molecule has 14 heavy (non-hydrogen) atoms. The molecule has 1 rings (SSSR count). The minimum absolute atomic E-state index is 0.118. The summed E-state index contributed by atoms with van der Waals surface area (Å²) in [6.45, 7) is 0. The van der Waals surface area contributed by atoms with Crippen molar-refractivity contribution in [3.05, 3.63) is 29.6 Å². The van der Waals surface area contributed by atoms with E-state index < -0.39 is 24.3 Å². The molecule has 0 saturated carbocycles. The molecule has 3 N–H and O–H groups in total. The fourth-order valence-electron chi connectivity index (χ4n) is 1.07. The first kappa shape index (κ1) is 10.5. The van der Waals surface area contributed by atoms with Crippen molar-refractivity contribution in [2.24, 2.45) is 0 Å². The number of hydrogen-bond donors (Lipinski definition) is 3. The van der Waals surface area contributed by atoms with Crippen molar-refractivity contribution >= 4 is 5.97 Å². The Labute approximate surface area is 79.2 Å². The maximum absolute atomic E-state index is 12.7. The third kappa shape index (κ3) is 2.43. The molecule has 0 amide bonds. The molecule has 1 unspecified atom stereocenters. The van der Waals surface area contributed by atoms with E-state index in [-0.39, 0.29) is 11.3 Å². The molecule has 76 valence electrons. The normalized spacial score (nSPS) is 12.4. The van der Waals surface area contributed by atoms with E-state index in [1.807, 2.05) is 0 Å². The van der Waals surface area contributed by atoms with E-state index in [0.29, 0.717) is 0 Å². The van der Waals surface area contributed by atoms with Crippen molar-refractivity contribution in [2.75, 3.05) is 0 Å². The third-order valence-corrected chi connectivity index (χ3v) is 1.72. The Balaban J connectivity index is 2.93. The number of hydrogen-bond acceptors (Lipinski definition) is 3. The number of phenols is 1. The van der Waals surface area contributed by atoms with Gasteiger partial charge in [0.05, 0.1) is 12.5 Å². The lowest BCUT2D eigenvalue weighted by atomic mass is 10.1. The van der Waals surface area contributed by atoms with E-state index in [9.17, 15) is 19.4 Å². The summed E-state index contributed by atoms with van der Waals surface area (Å²) >= 11 is 0. The average molecular weight is 200 g/mol. The molecular formula is C9H9FO4. The van der Waals surface area contributed by atoms with E-state index in [4.69, 9.17) is 5.11 Å².